The topological polar surface area (TPSA) is 82.1 Å². The summed E-state index contributed by atoms with van der Waals surface area (Å²) in [5, 5.41) is 18.8. The third-order valence-corrected chi connectivity index (χ3v) is 4.40. The maximum atomic E-state index is 10.8. The number of hydrogen-bond donors (Lipinski definition) is 0. The molecule has 0 aliphatic carbocycles. The first kappa shape index (κ1) is 13.5. The van der Waals surface area contributed by atoms with Crippen LogP contribution in [-0.4, -0.2) is 30.1 Å². The second-order valence-corrected chi connectivity index (χ2v) is 6.25. The summed E-state index contributed by atoms with van der Waals surface area (Å²) in [4.78, 5) is 10.8. The van der Waals surface area contributed by atoms with Crippen LogP contribution in [0.5, 0.6) is 0 Å². The monoisotopic (exact) mass is 347 g/mol. The van der Waals surface area contributed by atoms with Gasteiger partial charge in [0, 0.05) is 0 Å². The summed E-state index contributed by atoms with van der Waals surface area (Å²) in [6.07, 6.45) is 0. The van der Waals surface area contributed by atoms with Crippen LogP contribution in [0.4, 0.5) is 5.69 Å². The molecule has 0 aliphatic rings. The van der Waals surface area contributed by atoms with E-state index < -0.39 is 4.92 Å². The zero-order chi connectivity index (χ0) is 14.7. The van der Waals surface area contributed by atoms with Gasteiger partial charge >= 0.3 is 126 Å². The Morgan fingerprint density at radius 1 is 1.05 bits per heavy atom. The first-order valence-electron chi connectivity index (χ1n) is 6.03. The third-order valence-electron chi connectivity index (χ3n) is 2.66. The fourth-order valence-electron chi connectivity index (χ4n) is 1.71. The van der Waals surface area contributed by atoms with Gasteiger partial charge in [-0.15, -0.1) is 0 Å². The summed E-state index contributed by atoms with van der Waals surface area (Å²) in [7, 11) is 0. The van der Waals surface area contributed by atoms with E-state index in [4.69, 9.17) is 4.42 Å². The fourth-order valence-corrected chi connectivity index (χ4v) is 3.24. The molecule has 6 nitrogen and oxygen atoms in total. The molecule has 0 amide bonds. The Kier molecular flexibility index (Phi) is 3.77. The molecule has 0 bridgehead atoms. The van der Waals surface area contributed by atoms with E-state index in [0.29, 0.717) is 10.7 Å². The number of nitrogens with zero attached hydrogens (tertiary/aromatic N) is 3. The number of aromatic nitrogens is 2. The van der Waals surface area contributed by atoms with E-state index in [1.807, 2.05) is 36.4 Å². The van der Waals surface area contributed by atoms with Gasteiger partial charge < -0.3 is 0 Å². The predicted molar refractivity (Wildman–Crippen MR) is 77.9 cm³/mol. The summed E-state index contributed by atoms with van der Waals surface area (Å²) in [5.41, 5.74) is 0.920. The van der Waals surface area contributed by atoms with E-state index in [0.717, 1.165) is 10.0 Å². The second kappa shape index (κ2) is 5.87. The zero-order valence-corrected chi connectivity index (χ0v) is 12.4. The molecule has 0 spiro atoms. The Morgan fingerprint density at radius 2 is 1.86 bits per heavy atom. The van der Waals surface area contributed by atoms with Gasteiger partial charge in [0.1, 0.15) is 0 Å². The van der Waals surface area contributed by atoms with Crippen molar-refractivity contribution in [3.63, 3.8) is 0 Å². The molecule has 1 heterocycles. The van der Waals surface area contributed by atoms with Crippen molar-refractivity contribution in [1.29, 1.82) is 0 Å². The predicted octanol–water partition coefficient (Wildman–Crippen LogP) is 1.30. The Balaban J connectivity index is 1.82. The summed E-state index contributed by atoms with van der Waals surface area (Å²) in [5.74, 6) is 0.456. The second-order valence-electron chi connectivity index (χ2n) is 4.10. The Morgan fingerprint density at radius 3 is 2.62 bits per heavy atom. The average molecular weight is 346 g/mol. The van der Waals surface area contributed by atoms with Crippen LogP contribution < -0.4 is 9.25 Å². The third kappa shape index (κ3) is 3.16. The van der Waals surface area contributed by atoms with E-state index in [-0.39, 0.29) is 20.6 Å². The molecule has 0 saturated heterocycles. The van der Waals surface area contributed by atoms with Crippen molar-refractivity contribution in [3.05, 3.63) is 64.7 Å². The van der Waals surface area contributed by atoms with Crippen molar-refractivity contribution in [2.24, 2.45) is 0 Å². The molecule has 0 atom stereocenters. The number of hydrogen-bond acceptors (Lipinski definition) is 5. The molecule has 0 fully saturated rings. The maximum absolute atomic E-state index is 10.8. The van der Waals surface area contributed by atoms with Crippen LogP contribution in [0, 0.1) is 10.1 Å². The van der Waals surface area contributed by atoms with Gasteiger partial charge in [-0.3, -0.25) is 0 Å². The van der Waals surface area contributed by atoms with Crippen molar-refractivity contribution in [2.45, 2.75) is 0 Å². The zero-order valence-electron chi connectivity index (χ0n) is 10.7. The first-order valence-corrected chi connectivity index (χ1v) is 7.75. The molecule has 0 unspecified atom stereocenters. The molecule has 104 valence electrons. The number of rotatable bonds is 4. The van der Waals surface area contributed by atoms with Gasteiger partial charge in [0.2, 0.25) is 0 Å². The van der Waals surface area contributed by atoms with Gasteiger partial charge in [-0.25, -0.2) is 0 Å². The van der Waals surface area contributed by atoms with Crippen molar-refractivity contribution in [3.8, 4) is 11.5 Å². The standard InChI is InChI=1S/C14H9N3O3Se/c18-17(19)11-7-4-8-12(9-11)21-14-16-15-13(20-14)10-5-2-1-3-6-10/h1-9H. The molecule has 0 radical (unpaired) electrons. The van der Waals surface area contributed by atoms with Gasteiger partial charge in [-0.05, 0) is 0 Å². The van der Waals surface area contributed by atoms with E-state index in [2.05, 4.69) is 10.2 Å². The number of benzene rings is 2. The number of nitro benzene ring substituents is 1. The normalized spacial score (nSPS) is 10.5. The molecular formula is C14H9N3O3Se. The average Bonchev–Trinajstić information content (AvgIpc) is 2.97. The molecule has 0 aliphatic heterocycles. The molecule has 7 heteroatoms. The number of nitro groups is 1. The first-order chi connectivity index (χ1) is 10.2. The minimum atomic E-state index is -0.414. The Bertz CT molecular complexity index is 774. The molecule has 3 rings (SSSR count). The van der Waals surface area contributed by atoms with Crippen LogP contribution in [0.15, 0.2) is 59.0 Å². The van der Waals surface area contributed by atoms with Crippen molar-refractivity contribution in [2.75, 3.05) is 0 Å². The summed E-state index contributed by atoms with van der Waals surface area (Å²) >= 11 is -0.258. The van der Waals surface area contributed by atoms with Gasteiger partial charge in [0.05, 0.1) is 0 Å². The molecule has 2 aromatic carbocycles. The van der Waals surface area contributed by atoms with Gasteiger partial charge in [-0.1, -0.05) is 0 Å². The Hall–Kier alpha value is -2.50. The molecule has 0 saturated carbocycles. The molecule has 3 aromatic rings. The van der Waals surface area contributed by atoms with Gasteiger partial charge in [-0.2, -0.15) is 0 Å². The summed E-state index contributed by atoms with van der Waals surface area (Å²) < 4.78 is 6.43. The van der Waals surface area contributed by atoms with E-state index in [1.165, 1.54) is 12.1 Å². The van der Waals surface area contributed by atoms with E-state index in [9.17, 15) is 10.1 Å². The SMILES string of the molecule is O=[N+]([O-])c1cccc([Se]c2nnc(-c3ccccc3)o2)c1. The van der Waals surface area contributed by atoms with Crippen LogP contribution in [-0.2, 0) is 0 Å². The molecule has 21 heavy (non-hydrogen) atoms. The summed E-state index contributed by atoms with van der Waals surface area (Å²) in [6.45, 7) is 0. The summed E-state index contributed by atoms with van der Waals surface area (Å²) in [6, 6.07) is 15.9. The van der Waals surface area contributed by atoms with E-state index in [1.54, 1.807) is 6.07 Å². The molecule has 0 N–H and O–H groups in total. The Labute approximate surface area is 126 Å². The van der Waals surface area contributed by atoms with E-state index >= 15 is 0 Å². The van der Waals surface area contributed by atoms with Crippen LogP contribution in [0.1, 0.15) is 0 Å². The van der Waals surface area contributed by atoms with Crippen LogP contribution in [0.3, 0.4) is 0 Å². The van der Waals surface area contributed by atoms with Crippen LogP contribution in [0.2, 0.25) is 0 Å². The van der Waals surface area contributed by atoms with Crippen molar-refractivity contribution in [1.82, 2.24) is 10.2 Å². The quantitative estimate of drug-likeness (QED) is 0.404. The van der Waals surface area contributed by atoms with Crippen molar-refractivity contribution >= 4 is 29.9 Å². The number of non-ortho nitro benzene ring substituents is 1. The van der Waals surface area contributed by atoms with Crippen LogP contribution >= 0.6 is 0 Å². The van der Waals surface area contributed by atoms with Gasteiger partial charge in [0.15, 0.2) is 0 Å². The van der Waals surface area contributed by atoms with Crippen molar-refractivity contribution < 1.29 is 9.34 Å². The van der Waals surface area contributed by atoms with Gasteiger partial charge in [0.25, 0.3) is 0 Å². The minimum absolute atomic E-state index is 0.0668. The fraction of sp³-hybridized carbons (Fsp3) is 0. The molecule has 1 aromatic heterocycles. The van der Waals surface area contributed by atoms with Crippen LogP contribution in [0.25, 0.3) is 11.5 Å². The molecular weight excluding hydrogens is 337 g/mol.